The van der Waals surface area contributed by atoms with Crippen LogP contribution in [-0.4, -0.2) is 26.9 Å². The molecular formula is C11H12BFN2O2. The zero-order chi connectivity index (χ0) is 12.4. The number of nitrogens with zero attached hydrogens (tertiary/aromatic N) is 2. The summed E-state index contributed by atoms with van der Waals surface area (Å²) in [6.07, 6.45) is 1.65. The fourth-order valence-corrected chi connectivity index (χ4v) is 1.58. The number of aryl methyl sites for hydroxylation is 1. The molecule has 0 amide bonds. The van der Waals surface area contributed by atoms with E-state index in [1.165, 1.54) is 12.1 Å². The van der Waals surface area contributed by atoms with Gasteiger partial charge in [0.25, 0.3) is 0 Å². The number of halogens is 1. The molecule has 0 bridgehead atoms. The number of aromatic nitrogens is 2. The third-order valence-corrected chi connectivity index (χ3v) is 2.62. The van der Waals surface area contributed by atoms with Gasteiger partial charge in [0.05, 0.1) is 6.54 Å². The molecule has 0 aliphatic carbocycles. The monoisotopic (exact) mass is 234 g/mol. The summed E-state index contributed by atoms with van der Waals surface area (Å²) in [6.45, 7) is 2.21. The molecule has 6 heteroatoms. The Balaban J connectivity index is 2.26. The summed E-state index contributed by atoms with van der Waals surface area (Å²) >= 11 is 0. The molecule has 0 unspecified atom stereocenters. The third-order valence-electron chi connectivity index (χ3n) is 2.62. The molecule has 0 spiro atoms. The molecule has 0 radical (unpaired) electrons. The molecule has 88 valence electrons. The van der Waals surface area contributed by atoms with Crippen LogP contribution in [0.25, 0.3) is 0 Å². The van der Waals surface area contributed by atoms with Crippen molar-refractivity contribution in [2.24, 2.45) is 0 Å². The molecular weight excluding hydrogens is 222 g/mol. The van der Waals surface area contributed by atoms with Gasteiger partial charge >= 0.3 is 7.12 Å². The largest absolute Gasteiger partial charge is 0.488 e. The van der Waals surface area contributed by atoms with Crippen molar-refractivity contribution in [3.8, 4) is 0 Å². The first kappa shape index (κ1) is 11.8. The molecule has 2 N–H and O–H groups in total. The van der Waals surface area contributed by atoms with E-state index in [2.05, 4.69) is 5.10 Å². The van der Waals surface area contributed by atoms with Crippen LogP contribution >= 0.6 is 0 Å². The van der Waals surface area contributed by atoms with Crippen molar-refractivity contribution in [3.63, 3.8) is 0 Å². The van der Waals surface area contributed by atoms with Crippen molar-refractivity contribution >= 4 is 12.6 Å². The molecule has 0 fully saturated rings. The summed E-state index contributed by atoms with van der Waals surface area (Å²) in [4.78, 5) is 0. The summed E-state index contributed by atoms with van der Waals surface area (Å²) in [5, 5.41) is 21.9. The SMILES string of the molecule is Cc1ccnn1Cc1ccc(B(O)O)cc1F. The Morgan fingerprint density at radius 1 is 1.35 bits per heavy atom. The van der Waals surface area contributed by atoms with Gasteiger partial charge in [-0.15, -0.1) is 0 Å². The van der Waals surface area contributed by atoms with Crippen LogP contribution in [0.5, 0.6) is 0 Å². The lowest BCUT2D eigenvalue weighted by Gasteiger charge is -2.07. The number of hydrogen-bond acceptors (Lipinski definition) is 3. The highest BCUT2D eigenvalue weighted by Gasteiger charge is 2.13. The smallest absolute Gasteiger partial charge is 0.423 e. The lowest BCUT2D eigenvalue weighted by Crippen LogP contribution is -2.30. The Morgan fingerprint density at radius 2 is 2.12 bits per heavy atom. The maximum absolute atomic E-state index is 13.7. The minimum atomic E-state index is -1.65. The zero-order valence-corrected chi connectivity index (χ0v) is 9.34. The number of benzene rings is 1. The molecule has 0 saturated heterocycles. The van der Waals surface area contributed by atoms with Gasteiger partial charge in [0.2, 0.25) is 0 Å². The van der Waals surface area contributed by atoms with Gasteiger partial charge in [-0.3, -0.25) is 4.68 Å². The third kappa shape index (κ3) is 2.54. The highest BCUT2D eigenvalue weighted by atomic mass is 19.1. The molecule has 2 aromatic rings. The van der Waals surface area contributed by atoms with Gasteiger partial charge in [-0.1, -0.05) is 12.1 Å². The maximum atomic E-state index is 13.7. The summed E-state index contributed by atoms with van der Waals surface area (Å²) in [5.41, 5.74) is 1.54. The van der Waals surface area contributed by atoms with Gasteiger partial charge in [0.1, 0.15) is 5.82 Å². The fraction of sp³-hybridized carbons (Fsp3) is 0.182. The topological polar surface area (TPSA) is 58.3 Å². The van der Waals surface area contributed by atoms with E-state index in [1.54, 1.807) is 10.9 Å². The van der Waals surface area contributed by atoms with Crippen LogP contribution < -0.4 is 5.46 Å². The van der Waals surface area contributed by atoms with Gasteiger partial charge in [0, 0.05) is 17.5 Å². The van der Waals surface area contributed by atoms with Gasteiger partial charge in [-0.25, -0.2) is 4.39 Å². The van der Waals surface area contributed by atoms with E-state index in [-0.39, 0.29) is 5.46 Å². The van der Waals surface area contributed by atoms with Crippen LogP contribution in [0, 0.1) is 12.7 Å². The van der Waals surface area contributed by atoms with Gasteiger partial charge < -0.3 is 10.0 Å². The van der Waals surface area contributed by atoms with Crippen molar-refractivity contribution in [1.29, 1.82) is 0 Å². The molecule has 4 nitrogen and oxygen atoms in total. The van der Waals surface area contributed by atoms with E-state index in [4.69, 9.17) is 10.0 Å². The van der Waals surface area contributed by atoms with Crippen molar-refractivity contribution in [2.45, 2.75) is 13.5 Å². The quantitative estimate of drug-likeness (QED) is 0.738. The fourth-order valence-electron chi connectivity index (χ4n) is 1.58. The van der Waals surface area contributed by atoms with E-state index >= 15 is 0 Å². The number of rotatable bonds is 3. The van der Waals surface area contributed by atoms with Crippen molar-refractivity contribution in [1.82, 2.24) is 9.78 Å². The highest BCUT2D eigenvalue weighted by Crippen LogP contribution is 2.08. The second-order valence-electron chi connectivity index (χ2n) is 3.85. The first-order valence-corrected chi connectivity index (χ1v) is 5.21. The molecule has 1 aromatic carbocycles. The lowest BCUT2D eigenvalue weighted by atomic mass is 9.80. The average Bonchev–Trinajstić information content (AvgIpc) is 2.67. The van der Waals surface area contributed by atoms with Crippen LogP contribution in [0.2, 0.25) is 0 Å². The van der Waals surface area contributed by atoms with E-state index in [1.807, 2.05) is 13.0 Å². The molecule has 2 rings (SSSR count). The molecule has 17 heavy (non-hydrogen) atoms. The summed E-state index contributed by atoms with van der Waals surface area (Å²) in [7, 11) is -1.65. The Hall–Kier alpha value is -1.66. The van der Waals surface area contributed by atoms with Gasteiger partial charge in [-0.05, 0) is 24.5 Å². The number of hydrogen-bond donors (Lipinski definition) is 2. The van der Waals surface area contributed by atoms with E-state index in [0.29, 0.717) is 12.1 Å². The van der Waals surface area contributed by atoms with Crippen LogP contribution in [0.3, 0.4) is 0 Å². The summed E-state index contributed by atoms with van der Waals surface area (Å²) in [6, 6.07) is 5.98. The van der Waals surface area contributed by atoms with Crippen molar-refractivity contribution in [3.05, 3.63) is 47.5 Å². The standard InChI is InChI=1S/C11H12BFN2O2/c1-8-4-5-14-15(8)7-9-2-3-10(12(16)17)6-11(9)13/h2-6,16-17H,7H2,1H3. The summed E-state index contributed by atoms with van der Waals surface area (Å²) < 4.78 is 15.3. The normalized spacial score (nSPS) is 10.6. The minimum Gasteiger partial charge on any atom is -0.423 e. The zero-order valence-electron chi connectivity index (χ0n) is 9.34. The van der Waals surface area contributed by atoms with Crippen LogP contribution in [0.4, 0.5) is 4.39 Å². The molecule has 0 atom stereocenters. The van der Waals surface area contributed by atoms with Gasteiger partial charge in [0.15, 0.2) is 0 Å². The Morgan fingerprint density at radius 3 is 2.65 bits per heavy atom. The molecule has 1 heterocycles. The summed E-state index contributed by atoms with van der Waals surface area (Å²) in [5.74, 6) is -0.467. The molecule has 0 saturated carbocycles. The van der Waals surface area contributed by atoms with Crippen molar-refractivity contribution in [2.75, 3.05) is 0 Å². The van der Waals surface area contributed by atoms with E-state index in [0.717, 1.165) is 11.8 Å². The Kier molecular flexibility index (Phi) is 3.26. The first-order valence-electron chi connectivity index (χ1n) is 5.21. The minimum absolute atomic E-state index is 0.142. The molecule has 0 aliphatic rings. The maximum Gasteiger partial charge on any atom is 0.488 e. The lowest BCUT2D eigenvalue weighted by molar-refractivity contribution is 0.425. The molecule has 0 aliphatic heterocycles. The highest BCUT2D eigenvalue weighted by molar-refractivity contribution is 6.58. The van der Waals surface area contributed by atoms with E-state index in [9.17, 15) is 4.39 Å². The second kappa shape index (κ2) is 4.69. The Bertz CT molecular complexity index is 528. The Labute approximate surface area is 98.5 Å². The van der Waals surface area contributed by atoms with Crippen LogP contribution in [0.15, 0.2) is 30.5 Å². The second-order valence-corrected chi connectivity index (χ2v) is 3.85. The predicted octanol–water partition coefficient (Wildman–Crippen LogP) is 0.0587. The predicted molar refractivity (Wildman–Crippen MR) is 62.3 cm³/mol. The van der Waals surface area contributed by atoms with Crippen LogP contribution in [0.1, 0.15) is 11.3 Å². The molecule has 1 aromatic heterocycles. The van der Waals surface area contributed by atoms with E-state index < -0.39 is 12.9 Å². The van der Waals surface area contributed by atoms with Gasteiger partial charge in [-0.2, -0.15) is 5.10 Å². The van der Waals surface area contributed by atoms with Crippen LogP contribution in [-0.2, 0) is 6.54 Å². The average molecular weight is 234 g/mol. The van der Waals surface area contributed by atoms with Crippen molar-refractivity contribution < 1.29 is 14.4 Å². The first-order chi connectivity index (χ1) is 8.08.